The maximum Gasteiger partial charge on any atom is 0.273 e. The monoisotopic (exact) mass is 356 g/mol. The maximum atomic E-state index is 12.7. The van der Waals surface area contributed by atoms with Gasteiger partial charge in [-0.25, -0.2) is 15.0 Å². The van der Waals surface area contributed by atoms with Crippen LogP contribution in [0.5, 0.6) is 0 Å². The molecular formula is C17H20N6O3. The van der Waals surface area contributed by atoms with E-state index in [-0.39, 0.29) is 17.2 Å². The second-order valence-electron chi connectivity index (χ2n) is 6.31. The van der Waals surface area contributed by atoms with E-state index in [1.807, 2.05) is 0 Å². The number of carbonyl (C=O) groups is 1. The van der Waals surface area contributed by atoms with Crippen LogP contribution in [0.4, 0.5) is 5.82 Å². The standard InChI is InChI=1S/C17H20N6O3/c24-15-10-18-14(9-19-15)17(25)23-3-1-12-13(2-4-23)20-11-21-16(12)22-5-7-26-8-6-22/h9-11H,1-8H2,(H,19,24). The molecule has 2 aliphatic heterocycles. The highest BCUT2D eigenvalue weighted by Crippen LogP contribution is 2.24. The van der Waals surface area contributed by atoms with E-state index in [1.165, 1.54) is 6.20 Å². The zero-order valence-corrected chi connectivity index (χ0v) is 14.3. The molecule has 0 saturated carbocycles. The van der Waals surface area contributed by atoms with Crippen LogP contribution in [0.3, 0.4) is 0 Å². The molecule has 9 nitrogen and oxygen atoms in total. The zero-order valence-electron chi connectivity index (χ0n) is 14.3. The molecule has 0 aromatic carbocycles. The van der Waals surface area contributed by atoms with Crippen molar-refractivity contribution in [2.75, 3.05) is 44.3 Å². The lowest BCUT2D eigenvalue weighted by Crippen LogP contribution is -2.37. The molecule has 2 aromatic heterocycles. The highest BCUT2D eigenvalue weighted by atomic mass is 16.5. The lowest BCUT2D eigenvalue weighted by molar-refractivity contribution is 0.0756. The van der Waals surface area contributed by atoms with Gasteiger partial charge in [-0.2, -0.15) is 0 Å². The van der Waals surface area contributed by atoms with Crippen molar-refractivity contribution in [3.8, 4) is 0 Å². The lowest BCUT2D eigenvalue weighted by Gasteiger charge is -2.29. The summed E-state index contributed by atoms with van der Waals surface area (Å²) >= 11 is 0. The van der Waals surface area contributed by atoms with Crippen LogP contribution in [-0.4, -0.2) is 70.1 Å². The third-order valence-corrected chi connectivity index (χ3v) is 4.75. The Morgan fingerprint density at radius 2 is 1.88 bits per heavy atom. The molecule has 4 heterocycles. The molecule has 0 spiro atoms. The van der Waals surface area contributed by atoms with E-state index in [1.54, 1.807) is 11.2 Å². The number of fused-ring (bicyclic) bond motifs is 1. The minimum absolute atomic E-state index is 0.185. The molecule has 2 aromatic rings. The number of anilines is 1. The smallest absolute Gasteiger partial charge is 0.273 e. The summed E-state index contributed by atoms with van der Waals surface area (Å²) < 4.78 is 5.43. The summed E-state index contributed by atoms with van der Waals surface area (Å²) in [6.45, 7) is 4.15. The molecule has 0 radical (unpaired) electrons. The Balaban J connectivity index is 1.54. The van der Waals surface area contributed by atoms with Crippen molar-refractivity contribution in [2.24, 2.45) is 0 Å². The number of nitrogens with zero attached hydrogens (tertiary/aromatic N) is 5. The molecule has 136 valence electrons. The first-order chi connectivity index (χ1) is 12.7. The normalized spacial score (nSPS) is 17.5. The van der Waals surface area contributed by atoms with Crippen LogP contribution in [0.15, 0.2) is 23.5 Å². The van der Waals surface area contributed by atoms with E-state index in [9.17, 15) is 9.59 Å². The molecule has 2 aliphatic rings. The Kier molecular flexibility index (Phi) is 4.61. The molecule has 1 fully saturated rings. The van der Waals surface area contributed by atoms with Crippen LogP contribution >= 0.6 is 0 Å². The average Bonchev–Trinajstić information content (AvgIpc) is 2.91. The summed E-state index contributed by atoms with van der Waals surface area (Å²) in [5.41, 5.74) is 2.02. The van der Waals surface area contributed by atoms with Crippen LogP contribution in [0.1, 0.15) is 21.7 Å². The van der Waals surface area contributed by atoms with Gasteiger partial charge >= 0.3 is 0 Å². The molecular weight excluding hydrogens is 336 g/mol. The second kappa shape index (κ2) is 7.20. The van der Waals surface area contributed by atoms with Gasteiger partial charge in [-0.1, -0.05) is 0 Å². The molecule has 4 rings (SSSR count). The number of hydrogen-bond acceptors (Lipinski definition) is 7. The molecule has 26 heavy (non-hydrogen) atoms. The number of aromatic amines is 1. The van der Waals surface area contributed by atoms with E-state index in [0.717, 1.165) is 36.4 Å². The molecule has 0 unspecified atom stereocenters. The highest BCUT2D eigenvalue weighted by molar-refractivity contribution is 5.92. The number of morpholine rings is 1. The average molecular weight is 356 g/mol. The fraction of sp³-hybridized carbons (Fsp3) is 0.471. The predicted molar refractivity (Wildman–Crippen MR) is 93.2 cm³/mol. The fourth-order valence-corrected chi connectivity index (χ4v) is 3.38. The minimum atomic E-state index is -0.324. The third-order valence-electron chi connectivity index (χ3n) is 4.75. The fourth-order valence-electron chi connectivity index (χ4n) is 3.38. The largest absolute Gasteiger partial charge is 0.378 e. The lowest BCUT2D eigenvalue weighted by atomic mass is 10.1. The first kappa shape index (κ1) is 16.6. The summed E-state index contributed by atoms with van der Waals surface area (Å²) in [5.74, 6) is 0.768. The van der Waals surface area contributed by atoms with Crippen molar-refractivity contribution >= 4 is 11.7 Å². The van der Waals surface area contributed by atoms with Gasteiger partial charge in [-0.05, 0) is 6.42 Å². The zero-order chi connectivity index (χ0) is 17.9. The molecule has 1 N–H and O–H groups in total. The van der Waals surface area contributed by atoms with Gasteiger partial charge in [0.15, 0.2) is 0 Å². The minimum Gasteiger partial charge on any atom is -0.378 e. The molecule has 0 aliphatic carbocycles. The van der Waals surface area contributed by atoms with Gasteiger partial charge in [0, 0.05) is 44.4 Å². The van der Waals surface area contributed by atoms with Crippen LogP contribution in [0, 0.1) is 0 Å². The van der Waals surface area contributed by atoms with Crippen LogP contribution in [0.2, 0.25) is 0 Å². The second-order valence-corrected chi connectivity index (χ2v) is 6.31. The Hall–Kier alpha value is -2.81. The van der Waals surface area contributed by atoms with E-state index in [2.05, 4.69) is 24.8 Å². The van der Waals surface area contributed by atoms with Crippen molar-refractivity contribution in [3.05, 3.63) is 46.0 Å². The van der Waals surface area contributed by atoms with Gasteiger partial charge < -0.3 is 19.5 Å². The van der Waals surface area contributed by atoms with Gasteiger partial charge in [0.05, 0.1) is 25.1 Å². The van der Waals surface area contributed by atoms with E-state index < -0.39 is 0 Å². The SMILES string of the molecule is O=C(c1c[nH]c(=O)cn1)N1CCc2ncnc(N3CCOCC3)c2CC1. The number of H-pyrrole nitrogens is 1. The highest BCUT2D eigenvalue weighted by Gasteiger charge is 2.25. The van der Waals surface area contributed by atoms with Gasteiger partial charge in [0.25, 0.3) is 11.5 Å². The predicted octanol–water partition coefficient (Wildman–Crippen LogP) is -0.362. The first-order valence-corrected chi connectivity index (χ1v) is 8.72. The van der Waals surface area contributed by atoms with E-state index in [0.29, 0.717) is 39.1 Å². The Morgan fingerprint density at radius 3 is 2.65 bits per heavy atom. The first-order valence-electron chi connectivity index (χ1n) is 8.72. The number of aromatic nitrogens is 4. The van der Waals surface area contributed by atoms with Gasteiger partial charge in [0.2, 0.25) is 0 Å². The Morgan fingerprint density at radius 1 is 1.08 bits per heavy atom. The number of carbonyl (C=O) groups excluding carboxylic acids is 1. The summed E-state index contributed by atoms with van der Waals surface area (Å²) in [7, 11) is 0. The van der Waals surface area contributed by atoms with Crippen molar-refractivity contribution in [3.63, 3.8) is 0 Å². The van der Waals surface area contributed by atoms with Crippen molar-refractivity contribution in [1.29, 1.82) is 0 Å². The quantitative estimate of drug-likeness (QED) is 0.783. The Labute approximate surface area is 150 Å². The summed E-state index contributed by atoms with van der Waals surface area (Å²) in [4.78, 5) is 43.2. The van der Waals surface area contributed by atoms with E-state index in [4.69, 9.17) is 4.74 Å². The number of hydrogen-bond donors (Lipinski definition) is 1. The van der Waals surface area contributed by atoms with Crippen LogP contribution in [0.25, 0.3) is 0 Å². The summed E-state index contributed by atoms with van der Waals surface area (Å²) in [5, 5.41) is 0. The molecule has 0 atom stereocenters. The van der Waals surface area contributed by atoms with Gasteiger partial charge in [-0.15, -0.1) is 0 Å². The molecule has 9 heteroatoms. The molecule has 1 saturated heterocycles. The van der Waals surface area contributed by atoms with Crippen molar-refractivity contribution in [2.45, 2.75) is 12.8 Å². The molecule has 0 bridgehead atoms. The topological polar surface area (TPSA) is 104 Å². The van der Waals surface area contributed by atoms with Gasteiger partial charge in [-0.3, -0.25) is 9.59 Å². The summed E-state index contributed by atoms with van der Waals surface area (Å²) in [6, 6.07) is 0. The Bertz CT molecular complexity index is 841. The number of rotatable bonds is 2. The summed E-state index contributed by atoms with van der Waals surface area (Å²) in [6.07, 6.45) is 5.45. The van der Waals surface area contributed by atoms with Crippen molar-refractivity contribution in [1.82, 2.24) is 24.8 Å². The third kappa shape index (κ3) is 3.30. The number of nitrogens with one attached hydrogen (secondary N) is 1. The van der Waals surface area contributed by atoms with Gasteiger partial charge in [0.1, 0.15) is 17.8 Å². The molecule has 1 amide bonds. The van der Waals surface area contributed by atoms with Crippen LogP contribution < -0.4 is 10.5 Å². The maximum absolute atomic E-state index is 12.7. The van der Waals surface area contributed by atoms with Crippen LogP contribution in [-0.2, 0) is 17.6 Å². The van der Waals surface area contributed by atoms with Crippen molar-refractivity contribution < 1.29 is 9.53 Å². The number of amides is 1. The van der Waals surface area contributed by atoms with E-state index >= 15 is 0 Å². The number of ether oxygens (including phenoxy) is 1.